The minimum absolute atomic E-state index is 0.00295. The fourth-order valence-corrected chi connectivity index (χ4v) is 5.34. The van der Waals surface area contributed by atoms with Crippen molar-refractivity contribution in [2.45, 2.75) is 64.0 Å². The average Bonchev–Trinajstić information content (AvgIpc) is 3.50. The first-order chi connectivity index (χ1) is 19.8. The van der Waals surface area contributed by atoms with E-state index < -0.39 is 66.0 Å². The number of aryl methyl sites for hydroxylation is 1. The lowest BCUT2D eigenvalue weighted by Crippen LogP contribution is -2.33. The summed E-state index contributed by atoms with van der Waals surface area (Å²) in [5.41, 5.74) is -3.88. The van der Waals surface area contributed by atoms with Gasteiger partial charge in [0.25, 0.3) is 5.95 Å². The Hall–Kier alpha value is -3.40. The molecule has 0 spiro atoms. The van der Waals surface area contributed by atoms with Crippen LogP contribution in [0.25, 0.3) is 0 Å². The van der Waals surface area contributed by atoms with Gasteiger partial charge in [-0.2, -0.15) is 44.3 Å². The largest absolute Gasteiger partial charge is 0.416 e. The van der Waals surface area contributed by atoms with Crippen LogP contribution in [-0.4, -0.2) is 49.4 Å². The third kappa shape index (κ3) is 7.77. The monoisotopic (exact) mass is 624 g/mol. The van der Waals surface area contributed by atoms with Crippen molar-refractivity contribution in [3.63, 3.8) is 0 Å². The lowest BCUT2D eigenvalue weighted by atomic mass is 9.89. The topological polar surface area (TPSA) is 70.3 Å². The molecule has 4 rings (SSSR count). The summed E-state index contributed by atoms with van der Waals surface area (Å²) >= 11 is 0. The van der Waals surface area contributed by atoms with Gasteiger partial charge in [0.2, 0.25) is 0 Å². The van der Waals surface area contributed by atoms with Crippen molar-refractivity contribution < 1.29 is 44.6 Å². The minimum atomic E-state index is -5.09. The van der Waals surface area contributed by atoms with Gasteiger partial charge in [-0.15, -0.1) is 5.10 Å². The zero-order valence-corrected chi connectivity index (χ0v) is 23.3. The van der Waals surface area contributed by atoms with Gasteiger partial charge in [-0.05, 0) is 64.6 Å². The first-order valence-corrected chi connectivity index (χ1v) is 13.2. The Labute approximate surface area is 240 Å². The maximum Gasteiger partial charge on any atom is 0.416 e. The molecule has 0 amide bonds. The highest BCUT2D eigenvalue weighted by Gasteiger charge is 2.38. The quantitative estimate of drug-likeness (QED) is 0.300. The lowest BCUT2D eigenvalue weighted by molar-refractivity contribution is -0.143. The summed E-state index contributed by atoms with van der Waals surface area (Å²) in [6, 6.07) is 3.81. The van der Waals surface area contributed by atoms with Crippen LogP contribution in [0.1, 0.15) is 59.7 Å². The Morgan fingerprint density at radius 2 is 1.49 bits per heavy atom. The molecule has 43 heavy (non-hydrogen) atoms. The minimum Gasteiger partial charge on any atom is -0.392 e. The van der Waals surface area contributed by atoms with Crippen LogP contribution in [0.5, 0.6) is 0 Å². The summed E-state index contributed by atoms with van der Waals surface area (Å²) in [6.07, 6.45) is -15.1. The Balaban J connectivity index is 1.84. The molecule has 3 aromatic rings. The summed E-state index contributed by atoms with van der Waals surface area (Å²) in [4.78, 5) is 4.12. The van der Waals surface area contributed by atoms with Crippen molar-refractivity contribution >= 4 is 5.95 Å². The van der Waals surface area contributed by atoms with E-state index in [-0.39, 0.29) is 30.0 Å². The molecular weight excluding hydrogens is 595 g/mol. The molecule has 0 aliphatic carbocycles. The number of aliphatic hydroxyl groups is 1. The third-order valence-corrected chi connectivity index (χ3v) is 7.17. The molecule has 0 bridgehead atoms. The predicted octanol–water partition coefficient (Wildman–Crippen LogP) is 6.24. The Morgan fingerprint density at radius 3 is 1.95 bits per heavy atom. The van der Waals surface area contributed by atoms with E-state index in [9.17, 15) is 44.6 Å². The molecule has 16 heteroatoms. The van der Waals surface area contributed by atoms with Crippen molar-refractivity contribution in [1.82, 2.24) is 25.1 Å². The second-order valence-corrected chi connectivity index (χ2v) is 10.9. The summed E-state index contributed by atoms with van der Waals surface area (Å²) in [7, 11) is 1.38. The highest BCUT2D eigenvalue weighted by molar-refractivity contribution is 5.42. The van der Waals surface area contributed by atoms with Gasteiger partial charge in [-0.1, -0.05) is 25.0 Å². The zero-order chi connectivity index (χ0) is 31.9. The van der Waals surface area contributed by atoms with Crippen molar-refractivity contribution in [2.75, 3.05) is 18.0 Å². The van der Waals surface area contributed by atoms with Crippen LogP contribution in [0.15, 0.2) is 36.4 Å². The average molecular weight is 625 g/mol. The van der Waals surface area contributed by atoms with Crippen LogP contribution >= 0.6 is 0 Å². The standard InChI is InChI=1S/C27H29F9N6O/c1-15(2)23(41-7-6-21(43)14-41)22-5-4-18(25(28,29)30)10-17(22)13-42(24-37-39-40(3)38-24)12-16-8-19(26(31,32)33)11-20(9-16)27(34,35)36/h4-5,8-11,15,21,23,43H,6-7,12-14H2,1-3H3/t21-,23?/m0/s1. The zero-order valence-electron chi connectivity index (χ0n) is 23.3. The molecule has 1 N–H and O–H groups in total. The van der Waals surface area contributed by atoms with Crippen molar-refractivity contribution in [3.05, 3.63) is 69.8 Å². The maximum atomic E-state index is 13.8. The van der Waals surface area contributed by atoms with Crippen LogP contribution < -0.4 is 4.90 Å². The van der Waals surface area contributed by atoms with E-state index in [1.54, 1.807) is 0 Å². The van der Waals surface area contributed by atoms with Crippen LogP contribution in [-0.2, 0) is 38.7 Å². The molecule has 1 unspecified atom stereocenters. The van der Waals surface area contributed by atoms with E-state index in [1.807, 2.05) is 18.7 Å². The smallest absolute Gasteiger partial charge is 0.392 e. The molecule has 2 aromatic carbocycles. The van der Waals surface area contributed by atoms with Gasteiger partial charge in [-0.3, -0.25) is 4.90 Å². The first-order valence-electron chi connectivity index (χ1n) is 13.2. The molecule has 7 nitrogen and oxygen atoms in total. The van der Waals surface area contributed by atoms with Crippen LogP contribution in [0.3, 0.4) is 0 Å². The van der Waals surface area contributed by atoms with E-state index in [2.05, 4.69) is 15.4 Å². The molecule has 0 saturated carbocycles. The lowest BCUT2D eigenvalue weighted by Gasteiger charge is -2.34. The van der Waals surface area contributed by atoms with Crippen LogP contribution in [0, 0.1) is 5.92 Å². The normalized spacial score (nSPS) is 17.6. The summed E-state index contributed by atoms with van der Waals surface area (Å²) in [5, 5.41) is 21.7. The number of hydrogen-bond acceptors (Lipinski definition) is 6. The molecule has 236 valence electrons. The number of likely N-dealkylation sites (tertiary alicyclic amines) is 1. The second kappa shape index (κ2) is 11.9. The molecule has 1 aliphatic rings. The predicted molar refractivity (Wildman–Crippen MR) is 136 cm³/mol. The van der Waals surface area contributed by atoms with Gasteiger partial charge in [0.05, 0.1) is 29.8 Å². The number of nitrogens with zero attached hydrogens (tertiary/aromatic N) is 6. The molecule has 2 heterocycles. The molecule has 1 saturated heterocycles. The summed E-state index contributed by atoms with van der Waals surface area (Å²) in [6.45, 7) is 3.47. The number of anilines is 1. The van der Waals surface area contributed by atoms with Crippen molar-refractivity contribution in [2.24, 2.45) is 13.0 Å². The van der Waals surface area contributed by atoms with E-state index in [0.29, 0.717) is 30.7 Å². The van der Waals surface area contributed by atoms with Gasteiger partial charge in [0.15, 0.2) is 0 Å². The number of aliphatic hydroxyl groups excluding tert-OH is 1. The fraction of sp³-hybridized carbons (Fsp3) is 0.519. The number of hydrogen-bond donors (Lipinski definition) is 1. The van der Waals surface area contributed by atoms with Gasteiger partial charge in [0, 0.05) is 32.2 Å². The number of halogens is 9. The van der Waals surface area contributed by atoms with E-state index in [0.717, 1.165) is 16.9 Å². The van der Waals surface area contributed by atoms with Crippen LogP contribution in [0.2, 0.25) is 0 Å². The van der Waals surface area contributed by atoms with Gasteiger partial charge in [0.1, 0.15) is 0 Å². The molecule has 0 radical (unpaired) electrons. The molecule has 1 aromatic heterocycles. The fourth-order valence-electron chi connectivity index (χ4n) is 5.34. The molecular formula is C27H29F9N6O. The number of tetrazole rings is 1. The Bertz CT molecular complexity index is 1380. The SMILES string of the molecule is CC(C)C(c1ccc(C(F)(F)F)cc1CN(Cc1cc(C(F)(F)F)cc(C(F)(F)F)c1)c1nnn(C)n1)N1CC[C@H](O)C1. The number of rotatable bonds is 8. The van der Waals surface area contributed by atoms with E-state index >= 15 is 0 Å². The van der Waals surface area contributed by atoms with Crippen molar-refractivity contribution in [3.8, 4) is 0 Å². The third-order valence-electron chi connectivity index (χ3n) is 7.17. The van der Waals surface area contributed by atoms with Gasteiger partial charge in [-0.25, -0.2) is 0 Å². The van der Waals surface area contributed by atoms with E-state index in [4.69, 9.17) is 0 Å². The first kappa shape index (κ1) is 32.5. The Kier molecular flexibility index (Phi) is 9.03. The highest BCUT2D eigenvalue weighted by atomic mass is 19.4. The number of β-amino-alcohol motifs (C(OH)–C–C–N with tert-alkyl or cyclic N) is 1. The summed E-state index contributed by atoms with van der Waals surface area (Å²) in [5.74, 6) is -0.351. The number of benzene rings is 2. The van der Waals surface area contributed by atoms with Crippen molar-refractivity contribution in [1.29, 1.82) is 0 Å². The van der Waals surface area contributed by atoms with Gasteiger partial charge >= 0.3 is 18.5 Å². The van der Waals surface area contributed by atoms with Gasteiger partial charge < -0.3 is 10.0 Å². The molecule has 2 atom stereocenters. The Morgan fingerprint density at radius 1 is 0.884 bits per heavy atom. The number of alkyl halides is 9. The van der Waals surface area contributed by atoms with Crippen LogP contribution in [0.4, 0.5) is 45.5 Å². The second-order valence-electron chi connectivity index (χ2n) is 10.9. The highest BCUT2D eigenvalue weighted by Crippen LogP contribution is 2.39. The molecule has 1 aliphatic heterocycles. The maximum absolute atomic E-state index is 13.8. The molecule has 1 fully saturated rings. The summed E-state index contributed by atoms with van der Waals surface area (Å²) < 4.78 is 123. The number of aromatic nitrogens is 4. The van der Waals surface area contributed by atoms with E-state index in [1.165, 1.54) is 18.0 Å².